The number of furan rings is 1. The summed E-state index contributed by atoms with van der Waals surface area (Å²) in [4.78, 5) is 28.9. The molecule has 0 radical (unpaired) electrons. The summed E-state index contributed by atoms with van der Waals surface area (Å²) in [6, 6.07) is 14.9. The van der Waals surface area contributed by atoms with Gasteiger partial charge in [0.05, 0.1) is 29.8 Å². The number of carbonyl (C=O) groups excluding carboxylic acids is 1. The molecule has 0 saturated heterocycles. The van der Waals surface area contributed by atoms with E-state index in [4.69, 9.17) is 8.83 Å². The fourth-order valence-electron chi connectivity index (χ4n) is 4.52. The van der Waals surface area contributed by atoms with Crippen molar-refractivity contribution in [3.8, 4) is 0 Å². The number of rotatable bonds is 3. The van der Waals surface area contributed by atoms with Gasteiger partial charge in [-0.2, -0.15) is 0 Å². The molecule has 4 aromatic rings. The van der Waals surface area contributed by atoms with E-state index in [2.05, 4.69) is 32.9 Å². The first-order valence-electron chi connectivity index (χ1n) is 11.2. The van der Waals surface area contributed by atoms with Gasteiger partial charge in [-0.25, -0.2) is 0 Å². The molecule has 3 heterocycles. The Bertz CT molecular complexity index is 1420. The fourth-order valence-corrected chi connectivity index (χ4v) is 4.52. The molecule has 1 amide bonds. The molecular weight excluding hydrogens is 414 g/mol. The first-order valence-corrected chi connectivity index (χ1v) is 11.2. The Morgan fingerprint density at radius 1 is 0.970 bits per heavy atom. The minimum atomic E-state index is -0.547. The molecule has 0 spiro atoms. The molecule has 5 rings (SSSR count). The van der Waals surface area contributed by atoms with Crippen LogP contribution in [0.4, 0.5) is 0 Å². The van der Waals surface area contributed by atoms with E-state index in [1.807, 2.05) is 44.2 Å². The van der Waals surface area contributed by atoms with Crippen LogP contribution in [0.5, 0.6) is 0 Å². The normalized spacial score (nSPS) is 16.0. The van der Waals surface area contributed by atoms with Crippen molar-refractivity contribution in [2.45, 2.75) is 52.6 Å². The highest BCUT2D eigenvalue weighted by Crippen LogP contribution is 2.40. The van der Waals surface area contributed by atoms with Crippen LogP contribution in [0.3, 0.4) is 0 Å². The van der Waals surface area contributed by atoms with Gasteiger partial charge >= 0.3 is 0 Å². The Hall–Kier alpha value is -3.60. The highest BCUT2D eigenvalue weighted by atomic mass is 16.3. The van der Waals surface area contributed by atoms with Crippen LogP contribution in [-0.2, 0) is 12.0 Å². The van der Waals surface area contributed by atoms with Crippen LogP contribution < -0.4 is 5.43 Å². The summed E-state index contributed by atoms with van der Waals surface area (Å²) in [5.41, 5.74) is 4.76. The molecule has 33 heavy (non-hydrogen) atoms. The molecule has 2 aromatic carbocycles. The average Bonchev–Trinajstić information content (AvgIpc) is 3.37. The predicted octanol–water partition coefficient (Wildman–Crippen LogP) is 6.05. The summed E-state index contributed by atoms with van der Waals surface area (Å²) >= 11 is 0. The lowest BCUT2D eigenvalue weighted by atomic mass is 9.86. The van der Waals surface area contributed by atoms with E-state index in [0.717, 1.165) is 16.7 Å². The average molecular weight is 442 g/mol. The number of hydrogen-bond acceptors (Lipinski definition) is 4. The predicted molar refractivity (Wildman–Crippen MR) is 128 cm³/mol. The van der Waals surface area contributed by atoms with Crippen LogP contribution in [0.1, 0.15) is 70.9 Å². The summed E-state index contributed by atoms with van der Waals surface area (Å²) in [6.07, 6.45) is 1.58. The van der Waals surface area contributed by atoms with Crippen molar-refractivity contribution >= 4 is 16.9 Å². The molecule has 0 N–H and O–H groups in total. The van der Waals surface area contributed by atoms with Gasteiger partial charge in [-0.15, -0.1) is 0 Å². The first kappa shape index (κ1) is 21.3. The molecule has 0 saturated carbocycles. The zero-order valence-electron chi connectivity index (χ0n) is 19.6. The second-order valence-corrected chi connectivity index (χ2v) is 9.89. The number of fused-ring (bicyclic) bond motifs is 2. The lowest BCUT2D eigenvalue weighted by Crippen LogP contribution is -2.29. The zero-order valence-corrected chi connectivity index (χ0v) is 19.6. The van der Waals surface area contributed by atoms with Crippen molar-refractivity contribution in [3.63, 3.8) is 0 Å². The van der Waals surface area contributed by atoms with Gasteiger partial charge in [0.2, 0.25) is 5.76 Å². The molecule has 0 bridgehead atoms. The van der Waals surface area contributed by atoms with E-state index in [0.29, 0.717) is 22.3 Å². The Kier molecular flexibility index (Phi) is 4.82. The lowest BCUT2D eigenvalue weighted by molar-refractivity contribution is 0.0701. The zero-order chi connectivity index (χ0) is 23.5. The van der Waals surface area contributed by atoms with Gasteiger partial charge in [-0.3, -0.25) is 9.59 Å². The largest absolute Gasteiger partial charge is 0.467 e. The van der Waals surface area contributed by atoms with Crippen LogP contribution in [0.2, 0.25) is 0 Å². The second-order valence-electron chi connectivity index (χ2n) is 9.89. The van der Waals surface area contributed by atoms with Crippen LogP contribution >= 0.6 is 0 Å². The SMILES string of the molecule is Cc1cc2oc3c(c(=O)c2cc1C)[C@@H](c1ccc(C(C)(C)C)cc1)N(Cc1ccco1)C3=O. The van der Waals surface area contributed by atoms with Crippen molar-refractivity contribution in [1.82, 2.24) is 4.90 Å². The van der Waals surface area contributed by atoms with Crippen LogP contribution in [-0.4, -0.2) is 10.8 Å². The molecule has 1 aliphatic rings. The quantitative estimate of drug-likeness (QED) is 0.388. The minimum absolute atomic E-state index is 0.000402. The minimum Gasteiger partial charge on any atom is -0.467 e. The van der Waals surface area contributed by atoms with E-state index in [1.165, 1.54) is 5.56 Å². The summed E-state index contributed by atoms with van der Waals surface area (Å²) in [5.74, 6) is 0.465. The number of aryl methyl sites for hydroxylation is 2. The molecule has 5 heteroatoms. The molecule has 1 atom stereocenters. The molecule has 0 unspecified atom stereocenters. The van der Waals surface area contributed by atoms with Gasteiger partial charge in [0.25, 0.3) is 5.91 Å². The van der Waals surface area contributed by atoms with E-state index in [1.54, 1.807) is 17.2 Å². The van der Waals surface area contributed by atoms with Gasteiger partial charge < -0.3 is 13.7 Å². The van der Waals surface area contributed by atoms with Gasteiger partial charge in [0.1, 0.15) is 11.3 Å². The summed E-state index contributed by atoms with van der Waals surface area (Å²) in [5, 5.41) is 0.501. The third kappa shape index (κ3) is 3.48. The van der Waals surface area contributed by atoms with Crippen molar-refractivity contribution < 1.29 is 13.6 Å². The first-order chi connectivity index (χ1) is 15.6. The summed E-state index contributed by atoms with van der Waals surface area (Å²) < 4.78 is 11.6. The Labute approximate surface area is 192 Å². The molecule has 168 valence electrons. The maximum absolute atomic E-state index is 13.7. The van der Waals surface area contributed by atoms with Crippen LogP contribution in [0.25, 0.3) is 11.0 Å². The highest BCUT2D eigenvalue weighted by Gasteiger charge is 2.43. The number of benzene rings is 2. The highest BCUT2D eigenvalue weighted by molar-refractivity contribution is 5.99. The maximum Gasteiger partial charge on any atom is 0.291 e. The fraction of sp³-hybridized carbons (Fsp3) is 0.286. The van der Waals surface area contributed by atoms with E-state index in [9.17, 15) is 9.59 Å². The number of carbonyl (C=O) groups is 1. The molecule has 1 aliphatic heterocycles. The van der Waals surface area contributed by atoms with Crippen molar-refractivity contribution in [2.24, 2.45) is 0 Å². The second kappa shape index (κ2) is 7.48. The summed E-state index contributed by atoms with van der Waals surface area (Å²) in [6.45, 7) is 10.7. The topological polar surface area (TPSA) is 63.7 Å². The Balaban J connectivity index is 1.72. The molecule has 2 aromatic heterocycles. The smallest absolute Gasteiger partial charge is 0.291 e. The Morgan fingerprint density at radius 3 is 2.30 bits per heavy atom. The van der Waals surface area contributed by atoms with Crippen molar-refractivity contribution in [3.05, 3.63) is 104 Å². The van der Waals surface area contributed by atoms with Crippen molar-refractivity contribution in [1.29, 1.82) is 0 Å². The van der Waals surface area contributed by atoms with Crippen LogP contribution in [0, 0.1) is 13.8 Å². The Morgan fingerprint density at radius 2 is 1.67 bits per heavy atom. The maximum atomic E-state index is 13.7. The standard InChI is InChI=1S/C28H27NO4/c1-16-13-21-22(14-17(16)2)33-26-23(25(21)30)24(18-8-10-19(11-9-18)28(3,4)5)29(27(26)31)15-20-7-6-12-32-20/h6-14,24H,15H2,1-5H3/t24-/m1/s1. The van der Waals surface area contributed by atoms with Gasteiger partial charge in [-0.05, 0) is 65.8 Å². The van der Waals surface area contributed by atoms with Gasteiger partial charge in [-0.1, -0.05) is 45.0 Å². The molecule has 5 nitrogen and oxygen atoms in total. The van der Waals surface area contributed by atoms with Crippen LogP contribution in [0.15, 0.2) is 68.4 Å². The number of nitrogens with zero attached hydrogens (tertiary/aromatic N) is 1. The molecule has 0 fully saturated rings. The monoisotopic (exact) mass is 441 g/mol. The third-order valence-electron chi connectivity index (χ3n) is 6.58. The summed E-state index contributed by atoms with van der Waals surface area (Å²) in [7, 11) is 0. The van der Waals surface area contributed by atoms with Crippen molar-refractivity contribution in [2.75, 3.05) is 0 Å². The van der Waals surface area contributed by atoms with E-state index in [-0.39, 0.29) is 29.1 Å². The molecular formula is C28H27NO4. The lowest BCUT2D eigenvalue weighted by Gasteiger charge is -2.25. The molecule has 0 aliphatic carbocycles. The van der Waals surface area contributed by atoms with Gasteiger partial charge in [0.15, 0.2) is 5.43 Å². The van der Waals surface area contributed by atoms with E-state index >= 15 is 0 Å². The number of hydrogen-bond donors (Lipinski definition) is 0. The number of amides is 1. The van der Waals surface area contributed by atoms with E-state index < -0.39 is 6.04 Å². The van der Waals surface area contributed by atoms with Gasteiger partial charge in [0, 0.05) is 0 Å². The third-order valence-corrected chi connectivity index (χ3v) is 6.58.